The highest BCUT2D eigenvalue weighted by atomic mass is 16.5. The topological polar surface area (TPSA) is 46.5 Å². The Morgan fingerprint density at radius 3 is 2.64 bits per heavy atom. The predicted octanol–water partition coefficient (Wildman–Crippen LogP) is 4.36. The lowest BCUT2D eigenvalue weighted by atomic mass is 9.48. The quantitative estimate of drug-likeness (QED) is 0.610. The number of hydrogen-bond donors (Lipinski definition) is 1. The minimum atomic E-state index is -0.405. The Bertz CT molecular complexity index is 744. The summed E-state index contributed by atoms with van der Waals surface area (Å²) in [6, 6.07) is 6.26. The van der Waals surface area contributed by atoms with Crippen molar-refractivity contribution in [2.75, 3.05) is 0 Å². The van der Waals surface area contributed by atoms with Crippen molar-refractivity contribution in [2.45, 2.75) is 76.7 Å². The maximum atomic E-state index is 11.2. The Labute approximate surface area is 149 Å². The van der Waals surface area contributed by atoms with E-state index >= 15 is 0 Å². The predicted molar refractivity (Wildman–Crippen MR) is 95.5 cm³/mol. The van der Waals surface area contributed by atoms with E-state index in [1.54, 1.807) is 0 Å². The molecule has 4 aliphatic carbocycles. The average Bonchev–Trinajstić information content (AvgIpc) is 2.95. The van der Waals surface area contributed by atoms with Crippen LogP contribution >= 0.6 is 0 Å². The Hall–Kier alpha value is -1.35. The Kier molecular flexibility index (Phi) is 3.10. The van der Waals surface area contributed by atoms with E-state index in [1.807, 2.05) is 6.07 Å². The second-order valence-electron chi connectivity index (χ2n) is 9.26. The van der Waals surface area contributed by atoms with E-state index in [9.17, 15) is 9.90 Å². The second kappa shape index (κ2) is 4.88. The van der Waals surface area contributed by atoms with Crippen molar-refractivity contribution in [1.29, 1.82) is 0 Å². The number of aryl methyl sites for hydroxylation is 1. The molecular formula is C22H28O3. The fourth-order valence-corrected chi connectivity index (χ4v) is 7.52. The highest BCUT2D eigenvalue weighted by Gasteiger charge is 2.73. The lowest BCUT2D eigenvalue weighted by Gasteiger charge is -2.56. The van der Waals surface area contributed by atoms with Crippen molar-refractivity contribution in [2.24, 2.45) is 16.7 Å². The van der Waals surface area contributed by atoms with E-state index in [4.69, 9.17) is 4.74 Å². The molecule has 0 aromatic heterocycles. The van der Waals surface area contributed by atoms with E-state index in [0.717, 1.165) is 25.7 Å². The van der Waals surface area contributed by atoms with Crippen LogP contribution in [-0.4, -0.2) is 16.7 Å². The zero-order chi connectivity index (χ0) is 17.4. The third kappa shape index (κ3) is 1.83. The molecule has 3 fully saturated rings. The molecule has 1 aromatic rings. The van der Waals surface area contributed by atoms with Crippen LogP contribution in [0.1, 0.15) is 75.8 Å². The van der Waals surface area contributed by atoms with Crippen molar-refractivity contribution in [3.8, 4) is 5.75 Å². The molecule has 0 aliphatic heterocycles. The van der Waals surface area contributed by atoms with Crippen molar-refractivity contribution in [1.82, 2.24) is 0 Å². The van der Waals surface area contributed by atoms with Crippen LogP contribution in [0.4, 0.5) is 0 Å². The standard InChI is InChI=1S/C22H28O3/c1-14(23)25-16-4-5-17-15(13-16)3-6-19-18(17)7-8-20(2)21(19)9-11-22(20,24)12-10-21/h4-5,13,18-19,24H,3,6-12H2,1-2H3/t18-,19-,20+,21?,22?/m1/s1. The number of benzene rings is 1. The number of carbonyl (C=O) groups is 1. The molecule has 3 nitrogen and oxygen atoms in total. The van der Waals surface area contributed by atoms with E-state index < -0.39 is 5.60 Å². The first-order chi connectivity index (χ1) is 11.9. The second-order valence-corrected chi connectivity index (χ2v) is 9.26. The fourth-order valence-electron chi connectivity index (χ4n) is 7.52. The van der Waals surface area contributed by atoms with Crippen LogP contribution in [-0.2, 0) is 11.2 Å². The summed E-state index contributed by atoms with van der Waals surface area (Å²) in [5.74, 6) is 1.75. The van der Waals surface area contributed by atoms with E-state index in [1.165, 1.54) is 43.7 Å². The molecule has 25 heavy (non-hydrogen) atoms. The number of fused-ring (bicyclic) bond motifs is 3. The molecule has 3 saturated carbocycles. The van der Waals surface area contributed by atoms with Crippen molar-refractivity contribution < 1.29 is 14.6 Å². The molecule has 5 rings (SSSR count). The average molecular weight is 340 g/mol. The minimum Gasteiger partial charge on any atom is -0.427 e. The first kappa shape index (κ1) is 15.9. The maximum absolute atomic E-state index is 11.2. The van der Waals surface area contributed by atoms with Gasteiger partial charge in [0.1, 0.15) is 5.75 Å². The number of ether oxygens (including phenoxy) is 1. The van der Waals surface area contributed by atoms with Gasteiger partial charge in [-0.2, -0.15) is 0 Å². The molecule has 0 radical (unpaired) electrons. The molecule has 3 heteroatoms. The monoisotopic (exact) mass is 340 g/mol. The van der Waals surface area contributed by atoms with Crippen molar-refractivity contribution >= 4 is 5.97 Å². The van der Waals surface area contributed by atoms with Crippen LogP contribution in [0, 0.1) is 16.7 Å². The number of aliphatic hydroxyl groups is 1. The van der Waals surface area contributed by atoms with Crippen molar-refractivity contribution in [3.05, 3.63) is 29.3 Å². The minimum absolute atomic E-state index is 0.121. The summed E-state index contributed by atoms with van der Waals surface area (Å²) in [5.41, 5.74) is 2.90. The van der Waals surface area contributed by atoms with Gasteiger partial charge in [0.05, 0.1) is 5.60 Å². The summed E-state index contributed by atoms with van der Waals surface area (Å²) >= 11 is 0. The van der Waals surface area contributed by atoms with Gasteiger partial charge in [0.15, 0.2) is 0 Å². The van der Waals surface area contributed by atoms with Crippen LogP contribution in [0.25, 0.3) is 0 Å². The molecular weight excluding hydrogens is 312 g/mol. The first-order valence-electron chi connectivity index (χ1n) is 9.92. The molecule has 0 heterocycles. The van der Waals surface area contributed by atoms with Gasteiger partial charge in [0.2, 0.25) is 0 Å². The molecule has 3 atom stereocenters. The SMILES string of the molecule is CC(=O)Oc1ccc2c(c1)CC[C@@H]1[C@@H]2CC[C@]2(C)C3(O)CCC12CC3. The molecule has 0 spiro atoms. The van der Waals surface area contributed by atoms with Gasteiger partial charge in [-0.3, -0.25) is 4.79 Å². The first-order valence-corrected chi connectivity index (χ1v) is 9.92. The van der Waals surface area contributed by atoms with Gasteiger partial charge in [-0.25, -0.2) is 0 Å². The largest absolute Gasteiger partial charge is 0.427 e. The zero-order valence-electron chi connectivity index (χ0n) is 15.3. The summed E-state index contributed by atoms with van der Waals surface area (Å²) in [6.07, 6.45) is 9.05. The number of carbonyl (C=O) groups excluding carboxylic acids is 1. The number of esters is 1. The Morgan fingerprint density at radius 1 is 1.16 bits per heavy atom. The lowest BCUT2D eigenvalue weighted by molar-refractivity contribution is -0.131. The number of hydrogen-bond acceptors (Lipinski definition) is 3. The summed E-state index contributed by atoms with van der Waals surface area (Å²) in [5, 5.41) is 11.2. The third-order valence-electron chi connectivity index (χ3n) is 8.75. The van der Waals surface area contributed by atoms with Gasteiger partial charge in [0.25, 0.3) is 0 Å². The lowest BCUT2D eigenvalue weighted by Crippen LogP contribution is -2.51. The van der Waals surface area contributed by atoms with Gasteiger partial charge in [0, 0.05) is 12.3 Å². The smallest absolute Gasteiger partial charge is 0.308 e. The Morgan fingerprint density at radius 2 is 1.92 bits per heavy atom. The normalized spacial score (nSPS) is 44.0. The summed E-state index contributed by atoms with van der Waals surface area (Å²) in [4.78, 5) is 11.2. The molecule has 0 amide bonds. The highest BCUT2D eigenvalue weighted by molar-refractivity contribution is 5.69. The zero-order valence-corrected chi connectivity index (χ0v) is 15.3. The molecule has 0 saturated heterocycles. The summed E-state index contributed by atoms with van der Waals surface area (Å²) in [7, 11) is 0. The third-order valence-corrected chi connectivity index (χ3v) is 8.75. The van der Waals surface area contributed by atoms with Gasteiger partial charge < -0.3 is 9.84 Å². The van der Waals surface area contributed by atoms with Crippen LogP contribution in [0.15, 0.2) is 18.2 Å². The van der Waals surface area contributed by atoms with Gasteiger partial charge in [-0.05, 0) is 91.9 Å². The van der Waals surface area contributed by atoms with E-state index in [-0.39, 0.29) is 11.4 Å². The van der Waals surface area contributed by atoms with E-state index in [0.29, 0.717) is 23.0 Å². The fraction of sp³-hybridized carbons (Fsp3) is 0.682. The van der Waals surface area contributed by atoms with Gasteiger partial charge >= 0.3 is 5.97 Å². The van der Waals surface area contributed by atoms with Crippen LogP contribution < -0.4 is 4.74 Å². The molecule has 1 aromatic carbocycles. The summed E-state index contributed by atoms with van der Waals surface area (Å²) in [6.45, 7) is 3.85. The van der Waals surface area contributed by atoms with Gasteiger partial charge in [-0.1, -0.05) is 13.0 Å². The summed E-state index contributed by atoms with van der Waals surface area (Å²) < 4.78 is 5.29. The molecule has 2 bridgehead atoms. The van der Waals surface area contributed by atoms with Crippen LogP contribution in [0.3, 0.4) is 0 Å². The molecule has 134 valence electrons. The van der Waals surface area contributed by atoms with E-state index in [2.05, 4.69) is 19.1 Å². The molecule has 1 N–H and O–H groups in total. The highest BCUT2D eigenvalue weighted by Crippen LogP contribution is 2.77. The Balaban J connectivity index is 1.53. The molecule has 4 aliphatic rings. The molecule has 0 unspecified atom stereocenters. The van der Waals surface area contributed by atoms with Crippen molar-refractivity contribution in [3.63, 3.8) is 0 Å². The van der Waals surface area contributed by atoms with Crippen LogP contribution in [0.5, 0.6) is 5.75 Å². The maximum Gasteiger partial charge on any atom is 0.308 e. The van der Waals surface area contributed by atoms with Crippen LogP contribution in [0.2, 0.25) is 0 Å². The van der Waals surface area contributed by atoms with Gasteiger partial charge in [-0.15, -0.1) is 0 Å². The number of rotatable bonds is 1.